The number of nitrogens with zero attached hydrogens (tertiary/aromatic N) is 1. The van der Waals surface area contributed by atoms with E-state index in [4.69, 9.17) is 0 Å². The number of phenols is 1. The van der Waals surface area contributed by atoms with E-state index >= 15 is 0 Å². The molecule has 29 heavy (non-hydrogen) atoms. The Morgan fingerprint density at radius 3 is 2.10 bits per heavy atom. The number of hydrogen-bond donors (Lipinski definition) is 2. The first-order valence-electron chi connectivity index (χ1n) is 9.44. The Bertz CT molecular complexity index is 878. The number of aromatic hydroxyl groups is 1. The summed E-state index contributed by atoms with van der Waals surface area (Å²) in [6, 6.07) is 4.08. The first kappa shape index (κ1) is 23.1. The maximum absolute atomic E-state index is 14.0. The Hall–Kier alpha value is -2.15. The summed E-state index contributed by atoms with van der Waals surface area (Å²) >= 11 is 0. The minimum absolute atomic E-state index is 0.0483. The van der Waals surface area contributed by atoms with Gasteiger partial charge in [-0.2, -0.15) is 13.2 Å². The van der Waals surface area contributed by atoms with Crippen LogP contribution in [0.3, 0.4) is 0 Å². The van der Waals surface area contributed by atoms with Crippen LogP contribution in [-0.4, -0.2) is 22.2 Å². The predicted octanol–water partition coefficient (Wildman–Crippen LogP) is 5.84. The van der Waals surface area contributed by atoms with Crippen molar-refractivity contribution in [2.75, 3.05) is 6.54 Å². The van der Waals surface area contributed by atoms with E-state index in [-0.39, 0.29) is 27.8 Å². The van der Waals surface area contributed by atoms with Gasteiger partial charge in [0.1, 0.15) is 5.75 Å². The molecule has 160 valence electrons. The molecule has 0 unspecified atom stereocenters. The second-order valence-corrected chi connectivity index (χ2v) is 9.26. The average Bonchev–Trinajstić information content (AvgIpc) is 2.51. The van der Waals surface area contributed by atoms with E-state index in [9.17, 15) is 22.7 Å². The highest BCUT2D eigenvalue weighted by molar-refractivity contribution is 5.72. The van der Waals surface area contributed by atoms with E-state index < -0.39 is 17.7 Å². The summed E-state index contributed by atoms with van der Waals surface area (Å²) in [6.45, 7) is 12.9. The molecule has 2 N–H and O–H groups in total. The molecule has 0 amide bonds. The molecule has 1 heterocycles. The van der Waals surface area contributed by atoms with Gasteiger partial charge in [0.2, 0.25) is 0 Å². The molecular formula is C22H28F4N2O. The first-order chi connectivity index (χ1) is 13.1. The number of aromatic nitrogens is 1. The van der Waals surface area contributed by atoms with Crippen LogP contribution in [0.25, 0.3) is 11.1 Å². The molecule has 0 aliphatic rings. The summed E-state index contributed by atoms with van der Waals surface area (Å²) in [5, 5.41) is 13.9. The molecule has 3 nitrogen and oxygen atoms in total. The van der Waals surface area contributed by atoms with Gasteiger partial charge in [-0.1, -0.05) is 20.8 Å². The summed E-state index contributed by atoms with van der Waals surface area (Å²) in [5.41, 5.74) is 0.310. The summed E-state index contributed by atoms with van der Waals surface area (Å²) in [5.74, 6) is -1.59. The molecule has 0 aliphatic heterocycles. The van der Waals surface area contributed by atoms with E-state index in [2.05, 4.69) is 31.1 Å². The van der Waals surface area contributed by atoms with Crippen molar-refractivity contribution < 1.29 is 22.7 Å². The number of rotatable bonds is 4. The second kappa shape index (κ2) is 7.94. The van der Waals surface area contributed by atoms with Gasteiger partial charge in [0.05, 0.1) is 0 Å². The molecule has 0 spiro atoms. The van der Waals surface area contributed by atoms with Gasteiger partial charge in [0, 0.05) is 22.9 Å². The van der Waals surface area contributed by atoms with Gasteiger partial charge in [0.25, 0.3) is 0 Å². The van der Waals surface area contributed by atoms with Crippen molar-refractivity contribution in [3.05, 3.63) is 47.0 Å². The molecule has 0 aliphatic carbocycles. The Labute approximate surface area is 169 Å². The van der Waals surface area contributed by atoms with Crippen molar-refractivity contribution in [1.82, 2.24) is 10.3 Å². The summed E-state index contributed by atoms with van der Waals surface area (Å²) in [7, 11) is 0. The monoisotopic (exact) mass is 412 g/mol. The highest BCUT2D eigenvalue weighted by Crippen LogP contribution is 2.38. The van der Waals surface area contributed by atoms with Gasteiger partial charge in [0.15, 0.2) is 11.5 Å². The van der Waals surface area contributed by atoms with Crippen LogP contribution in [0.1, 0.15) is 58.4 Å². The van der Waals surface area contributed by atoms with Gasteiger partial charge >= 0.3 is 6.18 Å². The quantitative estimate of drug-likeness (QED) is 0.620. The minimum atomic E-state index is -4.87. The molecule has 2 rings (SSSR count). The normalized spacial score (nSPS) is 13.0. The van der Waals surface area contributed by atoms with Crippen molar-refractivity contribution in [2.24, 2.45) is 0 Å². The highest BCUT2D eigenvalue weighted by atomic mass is 19.4. The maximum Gasteiger partial charge on any atom is 0.436 e. The third kappa shape index (κ3) is 5.92. The summed E-state index contributed by atoms with van der Waals surface area (Å²) < 4.78 is 52.3. The van der Waals surface area contributed by atoms with Gasteiger partial charge in [-0.15, -0.1) is 0 Å². The van der Waals surface area contributed by atoms with Gasteiger partial charge < -0.3 is 10.4 Å². The number of halogens is 4. The third-order valence-electron chi connectivity index (χ3n) is 4.50. The van der Waals surface area contributed by atoms with Crippen LogP contribution in [0.15, 0.2) is 24.4 Å². The van der Waals surface area contributed by atoms with Crippen molar-refractivity contribution in [1.29, 1.82) is 0 Å². The third-order valence-corrected chi connectivity index (χ3v) is 4.50. The second-order valence-electron chi connectivity index (χ2n) is 9.26. The fourth-order valence-corrected chi connectivity index (χ4v) is 3.13. The standard InChI is InChI=1S/C22H28F4N2O/c1-20(2,3)16-11-15(14-9-17(23)19(27-12-14)22(24,25)26)18(29)10-13(16)7-8-28-21(4,5)6/h9-12,28-29H,7-8H2,1-6H3. The van der Waals surface area contributed by atoms with Gasteiger partial charge in [-0.05, 0) is 68.5 Å². The van der Waals surface area contributed by atoms with Gasteiger partial charge in [-0.25, -0.2) is 9.37 Å². The van der Waals surface area contributed by atoms with Gasteiger partial charge in [-0.3, -0.25) is 0 Å². The molecule has 0 bridgehead atoms. The van der Waals surface area contributed by atoms with E-state index in [1.807, 2.05) is 20.8 Å². The van der Waals surface area contributed by atoms with Crippen molar-refractivity contribution >= 4 is 0 Å². The predicted molar refractivity (Wildman–Crippen MR) is 106 cm³/mol. The lowest BCUT2D eigenvalue weighted by atomic mass is 9.81. The topological polar surface area (TPSA) is 45.1 Å². The molecule has 0 radical (unpaired) electrons. The molecular weight excluding hydrogens is 384 g/mol. The average molecular weight is 412 g/mol. The van der Waals surface area contributed by atoms with Crippen LogP contribution in [0, 0.1) is 5.82 Å². The fraction of sp³-hybridized carbons (Fsp3) is 0.500. The van der Waals surface area contributed by atoms with Crippen LogP contribution in [0.5, 0.6) is 5.75 Å². The lowest BCUT2D eigenvalue weighted by Crippen LogP contribution is -2.37. The Morgan fingerprint density at radius 2 is 1.62 bits per heavy atom. The number of phenolic OH excluding ortho intramolecular Hbond substituents is 1. The number of nitrogens with one attached hydrogen (secondary N) is 1. The van der Waals surface area contributed by atoms with Crippen LogP contribution < -0.4 is 5.32 Å². The van der Waals surface area contributed by atoms with E-state index in [0.717, 1.165) is 23.4 Å². The SMILES string of the molecule is CC(C)(C)NCCc1cc(O)c(-c2cnc(C(F)(F)F)c(F)c2)cc1C(C)(C)C. The van der Waals surface area contributed by atoms with E-state index in [0.29, 0.717) is 13.0 Å². The highest BCUT2D eigenvalue weighted by Gasteiger charge is 2.36. The summed E-state index contributed by atoms with van der Waals surface area (Å²) in [6.07, 6.45) is -3.27. The molecule has 1 aromatic carbocycles. The largest absolute Gasteiger partial charge is 0.507 e. The van der Waals surface area contributed by atoms with E-state index in [1.165, 1.54) is 0 Å². The smallest absolute Gasteiger partial charge is 0.436 e. The number of benzene rings is 1. The fourth-order valence-electron chi connectivity index (χ4n) is 3.13. The minimum Gasteiger partial charge on any atom is -0.507 e. The number of hydrogen-bond acceptors (Lipinski definition) is 3. The van der Waals surface area contributed by atoms with Crippen molar-refractivity contribution in [2.45, 2.75) is 65.1 Å². The number of pyridine rings is 1. The molecule has 7 heteroatoms. The Kier molecular flexibility index (Phi) is 6.33. The molecule has 2 aromatic rings. The van der Waals surface area contributed by atoms with Crippen LogP contribution in [0.2, 0.25) is 0 Å². The molecule has 0 atom stereocenters. The first-order valence-corrected chi connectivity index (χ1v) is 9.44. The molecule has 0 fully saturated rings. The lowest BCUT2D eigenvalue weighted by molar-refractivity contribution is -0.143. The van der Waals surface area contributed by atoms with E-state index in [1.54, 1.807) is 12.1 Å². The Balaban J connectivity index is 2.48. The zero-order valence-corrected chi connectivity index (χ0v) is 17.6. The van der Waals surface area contributed by atoms with Crippen LogP contribution in [-0.2, 0) is 18.0 Å². The molecule has 0 saturated heterocycles. The van der Waals surface area contributed by atoms with Crippen molar-refractivity contribution in [3.8, 4) is 16.9 Å². The summed E-state index contributed by atoms with van der Waals surface area (Å²) in [4.78, 5) is 3.24. The lowest BCUT2D eigenvalue weighted by Gasteiger charge is -2.26. The molecule has 0 saturated carbocycles. The Morgan fingerprint density at radius 1 is 1.00 bits per heavy atom. The van der Waals surface area contributed by atoms with Crippen molar-refractivity contribution in [3.63, 3.8) is 0 Å². The zero-order valence-electron chi connectivity index (χ0n) is 17.6. The maximum atomic E-state index is 14.0. The zero-order chi connectivity index (χ0) is 22.2. The number of alkyl halides is 3. The van der Waals surface area contributed by atoms with Crippen LogP contribution >= 0.6 is 0 Å². The van der Waals surface area contributed by atoms with Crippen LogP contribution in [0.4, 0.5) is 17.6 Å². The molecule has 1 aromatic heterocycles.